The number of nitrogens with zero attached hydrogens (tertiary/aromatic N) is 3. The van der Waals surface area contributed by atoms with Gasteiger partial charge in [-0.2, -0.15) is 0 Å². The number of hydrogen-bond donors (Lipinski definition) is 0. The molecule has 0 saturated heterocycles. The van der Waals surface area contributed by atoms with Crippen molar-refractivity contribution in [2.75, 3.05) is 0 Å². The zero-order chi connectivity index (χ0) is 35.9. The largest absolute Gasteiger partial charge is 0.264 e. The second-order valence-corrected chi connectivity index (χ2v) is 14.8. The molecule has 3 heteroatoms. The summed E-state index contributed by atoms with van der Waals surface area (Å²) in [6.45, 7) is 0. The lowest BCUT2D eigenvalue weighted by atomic mass is 9.67. The number of fused-ring (bicyclic) bond motifs is 5. The Morgan fingerprint density at radius 2 is 0.926 bits per heavy atom. The van der Waals surface area contributed by atoms with Crippen molar-refractivity contribution >= 4 is 0 Å². The first-order valence-corrected chi connectivity index (χ1v) is 19.1. The van der Waals surface area contributed by atoms with Crippen molar-refractivity contribution in [2.45, 2.75) is 37.5 Å². The summed E-state index contributed by atoms with van der Waals surface area (Å²) in [5.74, 6) is 0.712. The molecule has 6 aromatic carbocycles. The van der Waals surface area contributed by atoms with Gasteiger partial charge in [-0.15, -0.1) is 0 Å². The fourth-order valence-corrected chi connectivity index (χ4v) is 8.87. The van der Waals surface area contributed by atoms with E-state index in [2.05, 4.69) is 145 Å². The smallest absolute Gasteiger partial charge is 0.160 e. The molecule has 1 saturated carbocycles. The van der Waals surface area contributed by atoms with Crippen LogP contribution in [0.4, 0.5) is 0 Å². The van der Waals surface area contributed by atoms with Crippen LogP contribution in [0.2, 0.25) is 0 Å². The van der Waals surface area contributed by atoms with E-state index in [-0.39, 0.29) is 5.41 Å². The summed E-state index contributed by atoms with van der Waals surface area (Å²) < 4.78 is 0. The molecule has 2 aliphatic rings. The molecule has 10 rings (SSSR count). The van der Waals surface area contributed by atoms with Gasteiger partial charge in [0.2, 0.25) is 0 Å². The average Bonchev–Trinajstić information content (AvgIpc) is 3.52. The zero-order valence-electron chi connectivity index (χ0n) is 30.1. The predicted molar refractivity (Wildman–Crippen MR) is 222 cm³/mol. The monoisotopic (exact) mass is 693 g/mol. The van der Waals surface area contributed by atoms with Gasteiger partial charge in [0.05, 0.1) is 11.4 Å². The van der Waals surface area contributed by atoms with Crippen LogP contribution in [0.5, 0.6) is 0 Å². The highest BCUT2D eigenvalue weighted by atomic mass is 14.9. The maximum Gasteiger partial charge on any atom is 0.160 e. The van der Waals surface area contributed by atoms with E-state index in [0.717, 1.165) is 39.2 Å². The van der Waals surface area contributed by atoms with Crippen molar-refractivity contribution in [3.05, 3.63) is 187 Å². The van der Waals surface area contributed by atoms with Crippen molar-refractivity contribution in [1.29, 1.82) is 0 Å². The van der Waals surface area contributed by atoms with Crippen LogP contribution < -0.4 is 0 Å². The summed E-state index contributed by atoms with van der Waals surface area (Å²) >= 11 is 0. The highest BCUT2D eigenvalue weighted by Gasteiger charge is 2.43. The van der Waals surface area contributed by atoms with Gasteiger partial charge in [-0.05, 0) is 92.7 Å². The standard InChI is InChI=1S/C51H39N3/c1-3-11-39(12-4-1)50-53-48(33-49(54-50)38-24-20-36(21-25-38)43-15-10-30-52-34-43)37-22-18-35(19-23-37)40-13-9-14-41(31-40)42-26-27-45-44-16-5-6-17-46(44)51(47(45)32-42)28-7-2-8-29-51/h1,3-6,9-27,30-34H,2,7-8,28-29H2. The van der Waals surface area contributed by atoms with Crippen LogP contribution in [0.1, 0.15) is 43.2 Å². The normalized spacial score (nSPS) is 14.1. The van der Waals surface area contributed by atoms with E-state index in [0.29, 0.717) is 5.82 Å². The topological polar surface area (TPSA) is 38.7 Å². The molecule has 1 spiro atoms. The molecule has 0 amide bonds. The average molecular weight is 694 g/mol. The Balaban J connectivity index is 0.975. The molecule has 0 aliphatic heterocycles. The van der Waals surface area contributed by atoms with Crippen molar-refractivity contribution in [3.63, 3.8) is 0 Å². The Morgan fingerprint density at radius 3 is 1.63 bits per heavy atom. The van der Waals surface area contributed by atoms with Crippen LogP contribution >= 0.6 is 0 Å². The quantitative estimate of drug-likeness (QED) is 0.174. The first kappa shape index (κ1) is 32.2. The molecule has 8 aromatic rings. The van der Waals surface area contributed by atoms with Crippen LogP contribution in [0, 0.1) is 0 Å². The molecule has 0 unspecified atom stereocenters. The fraction of sp³-hybridized carbons (Fsp3) is 0.118. The van der Waals surface area contributed by atoms with Gasteiger partial charge in [0.25, 0.3) is 0 Å². The van der Waals surface area contributed by atoms with Gasteiger partial charge in [0.1, 0.15) is 0 Å². The lowest BCUT2D eigenvalue weighted by Gasteiger charge is -2.36. The first-order valence-electron chi connectivity index (χ1n) is 19.1. The third kappa shape index (κ3) is 5.74. The minimum atomic E-state index is 0.151. The number of pyridine rings is 1. The van der Waals surface area contributed by atoms with E-state index >= 15 is 0 Å². The highest BCUT2D eigenvalue weighted by Crippen LogP contribution is 2.56. The number of benzene rings is 6. The van der Waals surface area contributed by atoms with Gasteiger partial charge in [-0.1, -0.05) is 159 Å². The third-order valence-electron chi connectivity index (χ3n) is 11.6. The van der Waals surface area contributed by atoms with Crippen molar-refractivity contribution in [2.24, 2.45) is 0 Å². The first-order chi connectivity index (χ1) is 26.7. The van der Waals surface area contributed by atoms with Crippen LogP contribution in [-0.2, 0) is 5.41 Å². The van der Waals surface area contributed by atoms with Gasteiger partial charge in [-0.25, -0.2) is 9.97 Å². The zero-order valence-corrected chi connectivity index (χ0v) is 30.1. The number of aromatic nitrogens is 3. The van der Waals surface area contributed by atoms with E-state index in [4.69, 9.17) is 9.97 Å². The van der Waals surface area contributed by atoms with Gasteiger partial charge in [0.15, 0.2) is 5.82 Å². The highest BCUT2D eigenvalue weighted by molar-refractivity contribution is 5.85. The van der Waals surface area contributed by atoms with Crippen molar-refractivity contribution in [1.82, 2.24) is 15.0 Å². The van der Waals surface area contributed by atoms with Crippen molar-refractivity contribution < 1.29 is 0 Å². The lowest BCUT2D eigenvalue weighted by Crippen LogP contribution is -2.28. The second-order valence-electron chi connectivity index (χ2n) is 14.8. The van der Waals surface area contributed by atoms with E-state index in [1.54, 1.807) is 6.20 Å². The summed E-state index contributed by atoms with van der Waals surface area (Å²) in [6, 6.07) is 59.1. The minimum absolute atomic E-state index is 0.151. The Bertz CT molecular complexity index is 2600. The van der Waals surface area contributed by atoms with E-state index in [1.165, 1.54) is 76.6 Å². The second kappa shape index (κ2) is 13.5. The van der Waals surface area contributed by atoms with Crippen LogP contribution in [0.3, 0.4) is 0 Å². The van der Waals surface area contributed by atoms with Crippen LogP contribution in [-0.4, -0.2) is 15.0 Å². The maximum atomic E-state index is 5.08. The van der Waals surface area contributed by atoms with Gasteiger partial charge in [-0.3, -0.25) is 4.98 Å². The number of hydrogen-bond acceptors (Lipinski definition) is 3. The third-order valence-corrected chi connectivity index (χ3v) is 11.6. The summed E-state index contributed by atoms with van der Waals surface area (Å²) in [5, 5.41) is 0. The molecule has 2 aromatic heterocycles. The molecular formula is C51H39N3. The summed E-state index contributed by atoms with van der Waals surface area (Å²) in [5.41, 5.74) is 18.1. The van der Waals surface area contributed by atoms with E-state index in [9.17, 15) is 0 Å². The summed E-state index contributed by atoms with van der Waals surface area (Å²) in [7, 11) is 0. The van der Waals surface area contributed by atoms with Gasteiger partial charge in [0, 0.05) is 34.5 Å². The Morgan fingerprint density at radius 1 is 0.370 bits per heavy atom. The molecule has 3 nitrogen and oxygen atoms in total. The maximum absolute atomic E-state index is 5.08. The molecule has 0 atom stereocenters. The summed E-state index contributed by atoms with van der Waals surface area (Å²) in [4.78, 5) is 14.4. The Kier molecular flexibility index (Phi) is 8.06. The van der Waals surface area contributed by atoms with Gasteiger partial charge < -0.3 is 0 Å². The van der Waals surface area contributed by atoms with Crippen LogP contribution in [0.25, 0.3) is 78.4 Å². The predicted octanol–water partition coefficient (Wildman–Crippen LogP) is 13.1. The van der Waals surface area contributed by atoms with Crippen molar-refractivity contribution in [3.8, 4) is 78.4 Å². The number of rotatable bonds is 6. The molecule has 54 heavy (non-hydrogen) atoms. The Labute approximate surface area is 317 Å². The molecule has 1 fully saturated rings. The lowest BCUT2D eigenvalue weighted by molar-refractivity contribution is 0.353. The minimum Gasteiger partial charge on any atom is -0.264 e. The molecule has 0 bridgehead atoms. The summed E-state index contributed by atoms with van der Waals surface area (Å²) in [6.07, 6.45) is 10.1. The Hall–Kier alpha value is -6.45. The van der Waals surface area contributed by atoms with Gasteiger partial charge >= 0.3 is 0 Å². The molecular weight excluding hydrogens is 655 g/mol. The van der Waals surface area contributed by atoms with E-state index in [1.807, 2.05) is 30.5 Å². The molecule has 2 aliphatic carbocycles. The molecule has 258 valence electrons. The van der Waals surface area contributed by atoms with Crippen LogP contribution in [0.15, 0.2) is 176 Å². The molecule has 2 heterocycles. The fourth-order valence-electron chi connectivity index (χ4n) is 8.87. The molecule has 0 N–H and O–H groups in total. The van der Waals surface area contributed by atoms with E-state index < -0.39 is 0 Å². The molecule has 0 radical (unpaired) electrons. The SMILES string of the molecule is c1ccc(-c2nc(-c3ccc(-c4cccnc4)cc3)cc(-c3ccc(-c4cccc(-c5ccc6c(c5)C5(CCCCC5)c5ccccc5-6)c4)cc3)n2)cc1.